The van der Waals surface area contributed by atoms with E-state index >= 15 is 0 Å². The first-order valence-corrected chi connectivity index (χ1v) is 10.8. The Morgan fingerprint density at radius 1 is 1.09 bits per heavy atom. The van der Waals surface area contributed by atoms with Gasteiger partial charge in [-0.15, -0.1) is 0 Å². The number of aryl methyl sites for hydroxylation is 2. The number of piperazine rings is 1. The molecule has 2 aromatic carbocycles. The Labute approximate surface area is 187 Å². The largest absolute Gasteiger partial charge is 0.342 e. The van der Waals surface area contributed by atoms with E-state index in [4.69, 9.17) is 0 Å². The van der Waals surface area contributed by atoms with Gasteiger partial charge in [0.2, 0.25) is 11.8 Å². The Morgan fingerprint density at radius 3 is 2.56 bits per heavy atom. The van der Waals surface area contributed by atoms with Crippen LogP contribution in [0, 0.1) is 12.7 Å². The minimum Gasteiger partial charge on any atom is -0.342 e. The first-order chi connectivity index (χ1) is 15.4. The summed E-state index contributed by atoms with van der Waals surface area (Å²) in [4.78, 5) is 29.6. The summed E-state index contributed by atoms with van der Waals surface area (Å²) in [7, 11) is 1.77. The van der Waals surface area contributed by atoms with E-state index in [-0.39, 0.29) is 24.1 Å². The van der Waals surface area contributed by atoms with Crippen LogP contribution in [0.4, 0.5) is 4.39 Å². The highest BCUT2D eigenvalue weighted by Crippen LogP contribution is 2.27. The molecule has 2 heterocycles. The van der Waals surface area contributed by atoms with Gasteiger partial charge in [0.1, 0.15) is 11.9 Å². The predicted octanol–water partition coefficient (Wildman–Crippen LogP) is 3.30. The second kappa shape index (κ2) is 9.34. The summed E-state index contributed by atoms with van der Waals surface area (Å²) in [5.41, 5.74) is 3.77. The highest BCUT2D eigenvalue weighted by Gasteiger charge is 2.36. The van der Waals surface area contributed by atoms with Crippen LogP contribution in [0.25, 0.3) is 11.1 Å². The Morgan fingerprint density at radius 2 is 1.84 bits per heavy atom. The molecule has 0 N–H and O–H groups in total. The van der Waals surface area contributed by atoms with Crippen molar-refractivity contribution < 1.29 is 14.0 Å². The molecule has 1 atom stereocenters. The molecule has 166 valence electrons. The maximum absolute atomic E-state index is 13.4. The third-order valence-electron chi connectivity index (χ3n) is 6.09. The maximum Gasteiger partial charge on any atom is 0.245 e. The molecule has 1 saturated heterocycles. The summed E-state index contributed by atoms with van der Waals surface area (Å²) in [6, 6.07) is 15.4. The summed E-state index contributed by atoms with van der Waals surface area (Å²) in [5.74, 6) is -0.404. The first kappa shape index (κ1) is 21.7. The lowest BCUT2D eigenvalue weighted by atomic mass is 9.93. The number of aromatic nitrogens is 2. The van der Waals surface area contributed by atoms with E-state index in [0.29, 0.717) is 26.1 Å². The molecule has 1 aliphatic heterocycles. The average molecular weight is 435 g/mol. The lowest BCUT2D eigenvalue weighted by Crippen LogP contribution is -2.58. The number of carbonyl (C=O) groups excluding carboxylic acids is 2. The molecule has 1 fully saturated rings. The average Bonchev–Trinajstić information content (AvgIpc) is 3.21. The van der Waals surface area contributed by atoms with Gasteiger partial charge in [-0.1, -0.05) is 36.4 Å². The molecular formula is C25H27FN4O2. The molecule has 32 heavy (non-hydrogen) atoms. The Bertz CT molecular complexity index is 1110. The second-order valence-electron chi connectivity index (χ2n) is 8.18. The fraction of sp³-hybridized carbons (Fsp3) is 0.320. The van der Waals surface area contributed by atoms with E-state index in [1.165, 1.54) is 12.1 Å². The van der Waals surface area contributed by atoms with Crippen LogP contribution < -0.4 is 0 Å². The van der Waals surface area contributed by atoms with E-state index in [0.717, 1.165) is 22.4 Å². The van der Waals surface area contributed by atoms with Gasteiger partial charge in [-0.3, -0.25) is 14.3 Å². The summed E-state index contributed by atoms with van der Waals surface area (Å²) in [5, 5.41) is 4.24. The van der Waals surface area contributed by atoms with Crippen LogP contribution in [0.1, 0.15) is 17.7 Å². The molecule has 0 bridgehead atoms. The first-order valence-electron chi connectivity index (χ1n) is 10.8. The van der Waals surface area contributed by atoms with Crippen LogP contribution in [0.15, 0.2) is 60.8 Å². The van der Waals surface area contributed by atoms with E-state index in [2.05, 4.69) is 5.10 Å². The molecule has 2 amide bonds. The van der Waals surface area contributed by atoms with E-state index in [1.54, 1.807) is 39.9 Å². The van der Waals surface area contributed by atoms with Crippen molar-refractivity contribution >= 4 is 11.8 Å². The fourth-order valence-corrected chi connectivity index (χ4v) is 4.20. The zero-order valence-corrected chi connectivity index (χ0v) is 18.4. The number of nitrogens with zero attached hydrogens (tertiary/aromatic N) is 4. The van der Waals surface area contributed by atoms with Gasteiger partial charge in [0.15, 0.2) is 0 Å². The van der Waals surface area contributed by atoms with Crippen molar-refractivity contribution in [3.8, 4) is 11.1 Å². The molecule has 1 aromatic heterocycles. The zero-order chi connectivity index (χ0) is 22.7. The third-order valence-corrected chi connectivity index (χ3v) is 6.09. The monoisotopic (exact) mass is 434 g/mol. The molecule has 4 rings (SSSR count). The lowest BCUT2D eigenvalue weighted by molar-refractivity contribution is -0.150. The molecule has 7 heteroatoms. The third kappa shape index (κ3) is 4.56. The van der Waals surface area contributed by atoms with Crippen molar-refractivity contribution in [1.82, 2.24) is 19.6 Å². The van der Waals surface area contributed by atoms with Gasteiger partial charge in [-0.05, 0) is 41.8 Å². The number of rotatable bonds is 6. The summed E-state index contributed by atoms with van der Waals surface area (Å²) >= 11 is 0. The van der Waals surface area contributed by atoms with Gasteiger partial charge in [0.25, 0.3) is 0 Å². The van der Waals surface area contributed by atoms with Gasteiger partial charge in [0, 0.05) is 51.4 Å². The summed E-state index contributed by atoms with van der Waals surface area (Å²) in [6.07, 6.45) is 2.41. The number of carbonyl (C=O) groups is 2. The topological polar surface area (TPSA) is 58.4 Å². The van der Waals surface area contributed by atoms with Gasteiger partial charge < -0.3 is 9.80 Å². The van der Waals surface area contributed by atoms with Crippen LogP contribution in [-0.4, -0.2) is 57.6 Å². The van der Waals surface area contributed by atoms with Gasteiger partial charge in [-0.25, -0.2) is 4.39 Å². The molecule has 6 nitrogen and oxygen atoms in total. The Hall–Kier alpha value is -3.48. The quantitative estimate of drug-likeness (QED) is 0.598. The number of hydrogen-bond donors (Lipinski definition) is 0. The maximum atomic E-state index is 13.4. The van der Waals surface area contributed by atoms with Crippen molar-refractivity contribution in [2.75, 3.05) is 20.1 Å². The molecule has 0 radical (unpaired) electrons. The number of likely N-dealkylation sites (N-methyl/N-ethyl adjacent to an activating group) is 1. The van der Waals surface area contributed by atoms with Crippen molar-refractivity contribution in [3.63, 3.8) is 0 Å². The zero-order valence-electron chi connectivity index (χ0n) is 18.4. The van der Waals surface area contributed by atoms with Gasteiger partial charge in [-0.2, -0.15) is 5.10 Å². The van der Waals surface area contributed by atoms with Crippen molar-refractivity contribution in [2.24, 2.45) is 0 Å². The standard InChI is InChI=1S/C25H27FN4O2/c1-18-11-13-27-30(18)14-12-24(31)29-16-15-28(2)25(32)23(29)17-20-5-3-4-6-22(20)19-7-9-21(26)10-8-19/h3-11,13,23H,12,14-17H2,1-2H3/t23-/m1/s1. The van der Waals surface area contributed by atoms with Crippen molar-refractivity contribution in [3.05, 3.63) is 77.9 Å². The van der Waals surface area contributed by atoms with E-state index in [9.17, 15) is 14.0 Å². The molecule has 3 aromatic rings. The van der Waals surface area contributed by atoms with Crippen LogP contribution in [0.5, 0.6) is 0 Å². The molecule has 0 saturated carbocycles. The van der Waals surface area contributed by atoms with Gasteiger partial charge >= 0.3 is 0 Å². The van der Waals surface area contributed by atoms with Crippen molar-refractivity contribution in [2.45, 2.75) is 32.4 Å². The van der Waals surface area contributed by atoms with Crippen LogP contribution >= 0.6 is 0 Å². The lowest BCUT2D eigenvalue weighted by Gasteiger charge is -2.39. The summed E-state index contributed by atoms with van der Waals surface area (Å²) in [6.45, 7) is 3.45. The SMILES string of the molecule is Cc1ccnn1CCC(=O)N1CCN(C)C(=O)[C@H]1Cc1ccccc1-c1ccc(F)cc1. The minimum atomic E-state index is -0.568. The smallest absolute Gasteiger partial charge is 0.245 e. The molecule has 1 aliphatic rings. The molecule has 0 aliphatic carbocycles. The number of halogens is 1. The van der Waals surface area contributed by atoms with E-state index in [1.807, 2.05) is 37.3 Å². The molecule has 0 unspecified atom stereocenters. The second-order valence-corrected chi connectivity index (χ2v) is 8.18. The minimum absolute atomic E-state index is 0.0504. The van der Waals surface area contributed by atoms with E-state index < -0.39 is 6.04 Å². The number of hydrogen-bond acceptors (Lipinski definition) is 3. The summed E-state index contributed by atoms with van der Waals surface area (Å²) < 4.78 is 15.2. The number of benzene rings is 2. The number of amides is 2. The molecule has 0 spiro atoms. The highest BCUT2D eigenvalue weighted by atomic mass is 19.1. The predicted molar refractivity (Wildman–Crippen MR) is 120 cm³/mol. The van der Waals surface area contributed by atoms with Crippen LogP contribution in [0.3, 0.4) is 0 Å². The van der Waals surface area contributed by atoms with Gasteiger partial charge in [0.05, 0.1) is 0 Å². The highest BCUT2D eigenvalue weighted by molar-refractivity contribution is 5.89. The Balaban J connectivity index is 1.57. The van der Waals surface area contributed by atoms with Crippen LogP contribution in [0.2, 0.25) is 0 Å². The Kier molecular flexibility index (Phi) is 6.35. The fourth-order valence-electron chi connectivity index (χ4n) is 4.20. The van der Waals surface area contributed by atoms with Crippen molar-refractivity contribution in [1.29, 1.82) is 0 Å². The molecular weight excluding hydrogens is 407 g/mol. The normalized spacial score (nSPS) is 16.5. The van der Waals surface area contributed by atoms with Crippen LogP contribution in [-0.2, 0) is 22.6 Å².